The quantitative estimate of drug-likeness (QED) is 0.378. The van der Waals surface area contributed by atoms with Crippen molar-refractivity contribution in [3.05, 3.63) is 72.9 Å². The molecular weight excluding hydrogens is 496 g/mol. The lowest BCUT2D eigenvalue weighted by Crippen LogP contribution is -2.21. The van der Waals surface area contributed by atoms with Crippen LogP contribution in [0.2, 0.25) is 25.1 Å². The SMILES string of the molecule is O=C(Nc1ccc(Cl)c(Cl)c1)c1cnn(-c2cc(Cl)c(Cl)cc2Cl)c1C(F)(F)F. The van der Waals surface area contributed by atoms with Gasteiger partial charge in [-0.25, -0.2) is 4.68 Å². The first-order valence-electron chi connectivity index (χ1n) is 7.55. The highest BCUT2D eigenvalue weighted by Gasteiger charge is 2.41. The number of nitrogens with zero attached hydrogens (tertiary/aromatic N) is 2. The molecule has 3 rings (SSSR count). The Bertz CT molecular complexity index is 1110. The fourth-order valence-electron chi connectivity index (χ4n) is 2.42. The first kappa shape index (κ1) is 22.1. The third-order valence-corrected chi connectivity index (χ3v) is 5.44. The molecule has 0 spiro atoms. The number of aromatic nitrogens is 2. The smallest absolute Gasteiger partial charge is 0.322 e. The standard InChI is InChI=1S/C17H7Cl5F3N3O/c18-9-2-1-7(3-10(9)19)27-16(29)8-6-26-28(15(8)17(23,24)25)14-5-12(21)11(20)4-13(14)22/h1-6H,(H,27,29). The Morgan fingerprint density at radius 1 is 0.897 bits per heavy atom. The van der Waals surface area contributed by atoms with E-state index in [1.165, 1.54) is 24.3 Å². The molecule has 0 radical (unpaired) electrons. The second kappa shape index (κ2) is 8.24. The van der Waals surface area contributed by atoms with Gasteiger partial charge < -0.3 is 5.32 Å². The van der Waals surface area contributed by atoms with E-state index in [0.717, 1.165) is 12.3 Å². The summed E-state index contributed by atoms with van der Waals surface area (Å²) < 4.78 is 41.8. The van der Waals surface area contributed by atoms with Gasteiger partial charge in [-0.05, 0) is 30.3 Å². The maximum absolute atomic E-state index is 13.8. The van der Waals surface area contributed by atoms with Gasteiger partial charge >= 0.3 is 6.18 Å². The van der Waals surface area contributed by atoms with E-state index < -0.39 is 23.3 Å². The Balaban J connectivity index is 2.08. The average Bonchev–Trinajstić information content (AvgIpc) is 3.06. The number of halogens is 8. The first-order chi connectivity index (χ1) is 13.5. The highest BCUT2D eigenvalue weighted by molar-refractivity contribution is 6.44. The molecule has 29 heavy (non-hydrogen) atoms. The molecular formula is C17H7Cl5F3N3O. The van der Waals surface area contributed by atoms with Crippen molar-refractivity contribution >= 4 is 69.6 Å². The van der Waals surface area contributed by atoms with Crippen LogP contribution in [0.4, 0.5) is 18.9 Å². The van der Waals surface area contributed by atoms with Gasteiger partial charge in [-0.3, -0.25) is 4.79 Å². The van der Waals surface area contributed by atoms with Crippen LogP contribution in [0.5, 0.6) is 0 Å². The summed E-state index contributed by atoms with van der Waals surface area (Å²) in [5.41, 5.74) is -2.11. The number of anilines is 1. The van der Waals surface area contributed by atoms with Crippen molar-refractivity contribution in [1.29, 1.82) is 0 Å². The highest BCUT2D eigenvalue weighted by Crippen LogP contribution is 2.38. The summed E-state index contributed by atoms with van der Waals surface area (Å²) in [6, 6.07) is 6.38. The molecule has 152 valence electrons. The number of amides is 1. The van der Waals surface area contributed by atoms with E-state index in [1.54, 1.807) is 0 Å². The van der Waals surface area contributed by atoms with Crippen LogP contribution in [0.3, 0.4) is 0 Å². The third kappa shape index (κ3) is 4.59. The van der Waals surface area contributed by atoms with Crippen LogP contribution in [0.1, 0.15) is 16.1 Å². The minimum Gasteiger partial charge on any atom is -0.322 e. The van der Waals surface area contributed by atoms with Gasteiger partial charge in [-0.1, -0.05) is 58.0 Å². The number of carbonyl (C=O) groups is 1. The van der Waals surface area contributed by atoms with Crippen LogP contribution in [-0.2, 0) is 6.18 Å². The number of hydrogen-bond donors (Lipinski definition) is 1. The first-order valence-corrected chi connectivity index (χ1v) is 9.44. The topological polar surface area (TPSA) is 46.9 Å². The Labute approximate surface area is 187 Å². The van der Waals surface area contributed by atoms with Crippen molar-refractivity contribution in [2.24, 2.45) is 0 Å². The molecule has 2 aromatic carbocycles. The lowest BCUT2D eigenvalue weighted by molar-refractivity contribution is -0.143. The van der Waals surface area contributed by atoms with Crippen LogP contribution in [0.25, 0.3) is 5.69 Å². The second-order valence-electron chi connectivity index (χ2n) is 5.62. The molecule has 0 atom stereocenters. The molecule has 12 heteroatoms. The largest absolute Gasteiger partial charge is 0.434 e. The Morgan fingerprint density at radius 2 is 1.52 bits per heavy atom. The minimum atomic E-state index is -4.93. The average molecular weight is 504 g/mol. The van der Waals surface area contributed by atoms with Crippen molar-refractivity contribution < 1.29 is 18.0 Å². The molecule has 0 aliphatic rings. The van der Waals surface area contributed by atoms with Gasteiger partial charge in [0.25, 0.3) is 5.91 Å². The monoisotopic (exact) mass is 501 g/mol. The fourth-order valence-corrected chi connectivity index (χ4v) is 3.34. The van der Waals surface area contributed by atoms with E-state index >= 15 is 0 Å². The van der Waals surface area contributed by atoms with Crippen molar-refractivity contribution in [2.45, 2.75) is 6.18 Å². The van der Waals surface area contributed by atoms with Gasteiger partial charge in [-0.15, -0.1) is 0 Å². The highest BCUT2D eigenvalue weighted by atomic mass is 35.5. The Morgan fingerprint density at radius 3 is 2.14 bits per heavy atom. The summed E-state index contributed by atoms with van der Waals surface area (Å²) in [7, 11) is 0. The molecule has 0 saturated carbocycles. The number of hydrogen-bond acceptors (Lipinski definition) is 2. The number of alkyl halides is 3. The zero-order valence-electron chi connectivity index (χ0n) is 13.8. The van der Waals surface area contributed by atoms with Crippen molar-refractivity contribution in [2.75, 3.05) is 5.32 Å². The van der Waals surface area contributed by atoms with Crippen LogP contribution >= 0.6 is 58.0 Å². The lowest BCUT2D eigenvalue weighted by atomic mass is 10.2. The van der Waals surface area contributed by atoms with Crippen LogP contribution in [0, 0.1) is 0 Å². The molecule has 0 unspecified atom stereocenters. The lowest BCUT2D eigenvalue weighted by Gasteiger charge is -2.14. The predicted molar refractivity (Wildman–Crippen MR) is 108 cm³/mol. The second-order valence-corrected chi connectivity index (χ2v) is 7.65. The predicted octanol–water partition coefficient (Wildman–Crippen LogP) is 7.41. The molecule has 0 saturated heterocycles. The zero-order chi connectivity index (χ0) is 21.5. The Hall–Kier alpha value is -1.64. The van der Waals surface area contributed by atoms with Gasteiger partial charge in [0.15, 0.2) is 5.69 Å². The van der Waals surface area contributed by atoms with E-state index in [-0.39, 0.29) is 36.5 Å². The molecule has 3 aromatic rings. The number of carbonyl (C=O) groups excluding carboxylic acids is 1. The zero-order valence-corrected chi connectivity index (χ0v) is 17.6. The summed E-state index contributed by atoms with van der Waals surface area (Å²) in [4.78, 5) is 12.5. The molecule has 0 fully saturated rings. The van der Waals surface area contributed by atoms with Gasteiger partial charge in [0, 0.05) is 5.69 Å². The van der Waals surface area contributed by atoms with E-state index in [4.69, 9.17) is 58.0 Å². The normalized spacial score (nSPS) is 11.6. The van der Waals surface area contributed by atoms with Crippen molar-refractivity contribution in [3.63, 3.8) is 0 Å². The molecule has 4 nitrogen and oxygen atoms in total. The van der Waals surface area contributed by atoms with Gasteiger partial charge in [0.1, 0.15) is 0 Å². The van der Waals surface area contributed by atoms with Gasteiger partial charge in [0.05, 0.1) is 42.6 Å². The minimum absolute atomic E-state index is 0.0310. The van der Waals surface area contributed by atoms with E-state index in [1.807, 2.05) is 0 Å². The molecule has 0 aliphatic carbocycles. The summed E-state index contributed by atoms with van der Waals surface area (Å²) in [6.07, 6.45) is -4.16. The fraction of sp³-hybridized carbons (Fsp3) is 0.0588. The van der Waals surface area contributed by atoms with Gasteiger partial charge in [0.2, 0.25) is 0 Å². The molecule has 0 bridgehead atoms. The number of nitrogens with one attached hydrogen (secondary N) is 1. The third-order valence-electron chi connectivity index (χ3n) is 3.68. The number of rotatable bonds is 3. The summed E-state index contributed by atoms with van der Waals surface area (Å²) in [6.45, 7) is 0. The molecule has 1 N–H and O–H groups in total. The Kier molecular flexibility index (Phi) is 6.27. The molecule has 1 aromatic heterocycles. The van der Waals surface area contributed by atoms with Crippen LogP contribution in [0.15, 0.2) is 36.5 Å². The maximum Gasteiger partial charge on any atom is 0.434 e. The van der Waals surface area contributed by atoms with Crippen LogP contribution < -0.4 is 5.32 Å². The van der Waals surface area contributed by atoms with Gasteiger partial charge in [-0.2, -0.15) is 18.3 Å². The van der Waals surface area contributed by atoms with Crippen molar-refractivity contribution in [3.8, 4) is 5.69 Å². The molecule has 1 amide bonds. The van der Waals surface area contributed by atoms with E-state index in [0.29, 0.717) is 4.68 Å². The van der Waals surface area contributed by atoms with E-state index in [9.17, 15) is 18.0 Å². The van der Waals surface area contributed by atoms with E-state index in [2.05, 4.69) is 10.4 Å². The summed E-state index contributed by atoms with van der Waals surface area (Å²) in [5.74, 6) is -1.06. The number of benzene rings is 2. The summed E-state index contributed by atoms with van der Waals surface area (Å²) >= 11 is 29.4. The van der Waals surface area contributed by atoms with Crippen LogP contribution in [-0.4, -0.2) is 15.7 Å². The molecule has 0 aliphatic heterocycles. The van der Waals surface area contributed by atoms with Crippen molar-refractivity contribution in [1.82, 2.24) is 9.78 Å². The maximum atomic E-state index is 13.8. The molecule has 1 heterocycles. The summed E-state index contributed by atoms with van der Waals surface area (Å²) in [5, 5.41) is 6.24.